The highest BCUT2D eigenvalue weighted by atomic mass is 16.5. The van der Waals surface area contributed by atoms with E-state index >= 15 is 0 Å². The van der Waals surface area contributed by atoms with Gasteiger partial charge in [0, 0.05) is 6.04 Å². The number of hydrogen-bond acceptors (Lipinski definition) is 3. The van der Waals surface area contributed by atoms with E-state index in [9.17, 15) is 0 Å². The Bertz CT molecular complexity index is 375. The Morgan fingerprint density at radius 1 is 1.11 bits per heavy atom. The monoisotopic (exact) mass is 249 g/mol. The summed E-state index contributed by atoms with van der Waals surface area (Å²) < 4.78 is 10.5. The van der Waals surface area contributed by atoms with Crippen LogP contribution in [0.3, 0.4) is 0 Å². The molecule has 1 aliphatic rings. The summed E-state index contributed by atoms with van der Waals surface area (Å²) in [6, 6.07) is 7.01. The van der Waals surface area contributed by atoms with Gasteiger partial charge in [-0.15, -0.1) is 0 Å². The SMILES string of the molecule is COc1ccc(CCCCNC2CC2)cc1OC. The van der Waals surface area contributed by atoms with E-state index in [1.54, 1.807) is 14.2 Å². The fourth-order valence-corrected chi connectivity index (χ4v) is 2.08. The van der Waals surface area contributed by atoms with Crippen LogP contribution in [0.1, 0.15) is 31.2 Å². The molecule has 0 amide bonds. The van der Waals surface area contributed by atoms with E-state index in [0.29, 0.717) is 0 Å². The van der Waals surface area contributed by atoms with Gasteiger partial charge in [0.25, 0.3) is 0 Å². The molecule has 1 aliphatic carbocycles. The highest BCUT2D eigenvalue weighted by Crippen LogP contribution is 2.28. The summed E-state index contributed by atoms with van der Waals surface area (Å²) in [5, 5.41) is 3.54. The van der Waals surface area contributed by atoms with Crippen molar-refractivity contribution in [2.45, 2.75) is 38.1 Å². The number of ether oxygens (including phenoxy) is 2. The van der Waals surface area contributed by atoms with Crippen molar-refractivity contribution in [3.05, 3.63) is 23.8 Å². The van der Waals surface area contributed by atoms with Crippen LogP contribution in [0, 0.1) is 0 Å². The van der Waals surface area contributed by atoms with Gasteiger partial charge in [0.15, 0.2) is 11.5 Å². The molecule has 0 spiro atoms. The van der Waals surface area contributed by atoms with Gasteiger partial charge in [-0.2, -0.15) is 0 Å². The Morgan fingerprint density at radius 3 is 2.56 bits per heavy atom. The van der Waals surface area contributed by atoms with Gasteiger partial charge in [-0.3, -0.25) is 0 Å². The highest BCUT2D eigenvalue weighted by molar-refractivity contribution is 5.42. The number of methoxy groups -OCH3 is 2. The molecule has 2 rings (SSSR count). The molecule has 1 fully saturated rings. The standard InChI is InChI=1S/C15H23NO2/c1-17-14-9-6-12(11-15(14)18-2)5-3-4-10-16-13-7-8-13/h6,9,11,13,16H,3-5,7-8,10H2,1-2H3. The third-order valence-corrected chi connectivity index (χ3v) is 3.35. The lowest BCUT2D eigenvalue weighted by Gasteiger charge is -2.09. The first-order valence-electron chi connectivity index (χ1n) is 6.78. The van der Waals surface area contributed by atoms with Crippen LogP contribution in [0.4, 0.5) is 0 Å². The van der Waals surface area contributed by atoms with Gasteiger partial charge in [-0.25, -0.2) is 0 Å². The van der Waals surface area contributed by atoms with Crippen molar-refractivity contribution in [2.75, 3.05) is 20.8 Å². The van der Waals surface area contributed by atoms with E-state index < -0.39 is 0 Å². The molecule has 100 valence electrons. The molecule has 3 nitrogen and oxygen atoms in total. The molecule has 1 aromatic carbocycles. The molecule has 0 bridgehead atoms. The number of benzene rings is 1. The van der Waals surface area contributed by atoms with Crippen molar-refractivity contribution in [3.8, 4) is 11.5 Å². The lowest BCUT2D eigenvalue weighted by molar-refractivity contribution is 0.354. The van der Waals surface area contributed by atoms with E-state index in [0.717, 1.165) is 30.5 Å². The van der Waals surface area contributed by atoms with Gasteiger partial charge < -0.3 is 14.8 Å². The zero-order valence-corrected chi connectivity index (χ0v) is 11.4. The van der Waals surface area contributed by atoms with Gasteiger partial charge in [-0.05, 0) is 56.3 Å². The molecule has 0 atom stereocenters. The lowest BCUT2D eigenvalue weighted by Crippen LogP contribution is -2.17. The second-order valence-corrected chi connectivity index (χ2v) is 4.87. The van der Waals surface area contributed by atoms with Crippen LogP contribution in [-0.2, 0) is 6.42 Å². The Kier molecular flexibility index (Phi) is 4.88. The summed E-state index contributed by atoms with van der Waals surface area (Å²) in [6.45, 7) is 1.15. The van der Waals surface area contributed by atoms with Crippen LogP contribution < -0.4 is 14.8 Å². The maximum absolute atomic E-state index is 5.31. The second kappa shape index (κ2) is 6.64. The number of nitrogens with one attached hydrogen (secondary N) is 1. The lowest BCUT2D eigenvalue weighted by atomic mass is 10.1. The summed E-state index contributed by atoms with van der Waals surface area (Å²) in [5.41, 5.74) is 1.32. The molecule has 1 aromatic rings. The third-order valence-electron chi connectivity index (χ3n) is 3.35. The predicted octanol–water partition coefficient (Wildman–Crippen LogP) is 2.78. The molecule has 0 unspecified atom stereocenters. The summed E-state index contributed by atoms with van der Waals surface area (Å²) in [6.07, 6.45) is 6.30. The minimum absolute atomic E-state index is 0.802. The van der Waals surface area contributed by atoms with Gasteiger partial charge in [0.05, 0.1) is 14.2 Å². The van der Waals surface area contributed by atoms with E-state index in [2.05, 4.69) is 17.4 Å². The minimum Gasteiger partial charge on any atom is -0.493 e. The van der Waals surface area contributed by atoms with Gasteiger partial charge in [-0.1, -0.05) is 6.07 Å². The topological polar surface area (TPSA) is 30.5 Å². The number of hydrogen-bond donors (Lipinski definition) is 1. The molecule has 18 heavy (non-hydrogen) atoms. The zero-order valence-electron chi connectivity index (χ0n) is 11.4. The van der Waals surface area contributed by atoms with Crippen LogP contribution in [-0.4, -0.2) is 26.8 Å². The Labute approximate surface area is 109 Å². The smallest absolute Gasteiger partial charge is 0.160 e. The molecule has 3 heteroatoms. The molecule has 1 N–H and O–H groups in total. The van der Waals surface area contributed by atoms with Crippen LogP contribution in [0.2, 0.25) is 0 Å². The van der Waals surface area contributed by atoms with Crippen molar-refractivity contribution < 1.29 is 9.47 Å². The first-order valence-corrected chi connectivity index (χ1v) is 6.78. The summed E-state index contributed by atoms with van der Waals surface area (Å²) >= 11 is 0. The number of rotatable bonds is 8. The first kappa shape index (κ1) is 13.2. The van der Waals surface area contributed by atoms with Crippen molar-refractivity contribution in [1.29, 1.82) is 0 Å². The second-order valence-electron chi connectivity index (χ2n) is 4.87. The summed E-state index contributed by atoms with van der Waals surface area (Å²) in [4.78, 5) is 0. The molecule has 0 radical (unpaired) electrons. The van der Waals surface area contributed by atoms with E-state index in [1.807, 2.05) is 6.07 Å². The Balaban J connectivity index is 1.73. The average Bonchev–Trinajstić information content (AvgIpc) is 3.22. The molecular formula is C15H23NO2. The van der Waals surface area contributed by atoms with E-state index in [4.69, 9.17) is 9.47 Å². The average molecular weight is 249 g/mol. The normalized spacial score (nSPS) is 14.6. The Morgan fingerprint density at radius 2 is 1.89 bits per heavy atom. The fraction of sp³-hybridized carbons (Fsp3) is 0.600. The van der Waals surface area contributed by atoms with Crippen molar-refractivity contribution in [1.82, 2.24) is 5.32 Å². The van der Waals surface area contributed by atoms with E-state index in [1.165, 1.54) is 31.2 Å². The zero-order chi connectivity index (χ0) is 12.8. The number of unbranched alkanes of at least 4 members (excludes halogenated alkanes) is 1. The van der Waals surface area contributed by atoms with Gasteiger partial charge >= 0.3 is 0 Å². The van der Waals surface area contributed by atoms with Crippen LogP contribution in [0.25, 0.3) is 0 Å². The van der Waals surface area contributed by atoms with Gasteiger partial charge in [0.2, 0.25) is 0 Å². The maximum Gasteiger partial charge on any atom is 0.160 e. The molecular weight excluding hydrogens is 226 g/mol. The van der Waals surface area contributed by atoms with Crippen LogP contribution >= 0.6 is 0 Å². The fourth-order valence-electron chi connectivity index (χ4n) is 2.08. The molecule has 0 aliphatic heterocycles. The minimum atomic E-state index is 0.802. The Hall–Kier alpha value is -1.22. The van der Waals surface area contributed by atoms with Crippen molar-refractivity contribution in [3.63, 3.8) is 0 Å². The highest BCUT2D eigenvalue weighted by Gasteiger charge is 2.19. The summed E-state index contributed by atoms with van der Waals surface area (Å²) in [5.74, 6) is 1.63. The first-order chi connectivity index (χ1) is 8.83. The van der Waals surface area contributed by atoms with Gasteiger partial charge in [0.1, 0.15) is 0 Å². The van der Waals surface area contributed by atoms with Crippen molar-refractivity contribution in [2.24, 2.45) is 0 Å². The van der Waals surface area contributed by atoms with Crippen LogP contribution in [0.5, 0.6) is 11.5 Å². The van der Waals surface area contributed by atoms with Crippen LogP contribution in [0.15, 0.2) is 18.2 Å². The number of aryl methyl sites for hydroxylation is 1. The molecule has 1 saturated carbocycles. The summed E-state index contributed by atoms with van der Waals surface area (Å²) in [7, 11) is 3.35. The molecule has 0 saturated heterocycles. The largest absolute Gasteiger partial charge is 0.493 e. The van der Waals surface area contributed by atoms with E-state index in [-0.39, 0.29) is 0 Å². The molecule has 0 aromatic heterocycles. The molecule has 0 heterocycles. The quantitative estimate of drug-likeness (QED) is 0.719. The van der Waals surface area contributed by atoms with Crippen molar-refractivity contribution >= 4 is 0 Å². The predicted molar refractivity (Wildman–Crippen MR) is 73.5 cm³/mol. The maximum atomic E-state index is 5.31. The third kappa shape index (κ3) is 3.91.